The highest BCUT2D eigenvalue weighted by Crippen LogP contribution is 2.45. The van der Waals surface area contributed by atoms with Crippen molar-refractivity contribution in [1.82, 2.24) is 15.0 Å². The van der Waals surface area contributed by atoms with Gasteiger partial charge in [0.15, 0.2) is 0 Å². The lowest BCUT2D eigenvalue weighted by Gasteiger charge is -2.23. The maximum Gasteiger partial charge on any atom is 0.341 e. The number of carboxylic acids is 1. The highest BCUT2D eigenvalue weighted by molar-refractivity contribution is 7.15. The van der Waals surface area contributed by atoms with Crippen LogP contribution in [0.25, 0.3) is 16.0 Å². The molecule has 4 heterocycles. The van der Waals surface area contributed by atoms with Gasteiger partial charge in [-0.3, -0.25) is 14.5 Å². The quantitative estimate of drug-likeness (QED) is 0.594. The molecule has 0 spiro atoms. The summed E-state index contributed by atoms with van der Waals surface area (Å²) >= 11 is 1.59. The van der Waals surface area contributed by atoms with Gasteiger partial charge in [-0.25, -0.2) is 9.18 Å². The fourth-order valence-corrected chi connectivity index (χ4v) is 5.82. The predicted molar refractivity (Wildman–Crippen MR) is 114 cm³/mol. The molecule has 3 aromatic heterocycles. The molecule has 1 aliphatic carbocycles. The van der Waals surface area contributed by atoms with Gasteiger partial charge < -0.3 is 10.4 Å². The molecule has 8 heteroatoms. The molecular weight excluding hydrogens is 405 g/mol. The molecule has 3 aromatic rings. The lowest BCUT2D eigenvalue weighted by atomic mass is 9.98. The van der Waals surface area contributed by atoms with Gasteiger partial charge in [-0.05, 0) is 68.0 Å². The number of fused-ring (bicyclic) bond motifs is 2. The normalized spacial score (nSPS) is 18.6. The number of nitrogens with zero attached hydrogens (tertiary/aromatic N) is 1. The van der Waals surface area contributed by atoms with Crippen molar-refractivity contribution in [1.29, 1.82) is 0 Å². The zero-order valence-electron chi connectivity index (χ0n) is 16.7. The van der Waals surface area contributed by atoms with E-state index in [1.54, 1.807) is 11.3 Å². The van der Waals surface area contributed by atoms with E-state index in [0.717, 1.165) is 48.0 Å². The molecule has 156 valence electrons. The minimum absolute atomic E-state index is 0.0327. The summed E-state index contributed by atoms with van der Waals surface area (Å²) in [6, 6.07) is 3.52. The molecule has 0 aromatic carbocycles. The van der Waals surface area contributed by atoms with Crippen molar-refractivity contribution in [3.8, 4) is 10.4 Å². The number of hydrogen-bond acceptors (Lipinski definition) is 5. The second-order valence-electron chi connectivity index (χ2n) is 8.01. The molecule has 1 fully saturated rings. The molecule has 2 aliphatic rings. The third kappa shape index (κ3) is 2.90. The van der Waals surface area contributed by atoms with E-state index in [9.17, 15) is 14.7 Å². The van der Waals surface area contributed by atoms with E-state index >= 15 is 4.39 Å². The molecule has 0 radical (unpaired) electrons. The highest BCUT2D eigenvalue weighted by Gasteiger charge is 2.31. The summed E-state index contributed by atoms with van der Waals surface area (Å²) in [6.45, 7) is 2.68. The summed E-state index contributed by atoms with van der Waals surface area (Å²) in [7, 11) is 1.89. The minimum atomic E-state index is -1.28. The number of hydrogen-bond donors (Lipinski definition) is 3. The van der Waals surface area contributed by atoms with Crippen LogP contribution in [-0.2, 0) is 6.42 Å². The summed E-state index contributed by atoms with van der Waals surface area (Å²) in [5.41, 5.74) is 2.76. The second kappa shape index (κ2) is 7.01. The Bertz CT molecular complexity index is 1260. The van der Waals surface area contributed by atoms with Gasteiger partial charge in [0.05, 0.1) is 11.7 Å². The van der Waals surface area contributed by atoms with E-state index in [4.69, 9.17) is 0 Å². The number of carboxylic acid groups (broad SMARTS) is 1. The van der Waals surface area contributed by atoms with Crippen LogP contribution < -0.4 is 16.2 Å². The Morgan fingerprint density at radius 2 is 2.10 bits per heavy atom. The standard InChI is InChI=1S/C22H22FN3O3S/c1-10-18(17-8-13-16(30-17)5-6-25-20(13)24-2)15(23)9-26-19(10)12(11-3-4-11)7-14(21(26)27)22(28)29/h7-9,11,20,24-25H,3-6H2,1-2H3,(H,28,29). The van der Waals surface area contributed by atoms with Crippen LogP contribution in [0.1, 0.15) is 56.9 Å². The summed E-state index contributed by atoms with van der Waals surface area (Å²) < 4.78 is 16.5. The van der Waals surface area contributed by atoms with Crippen LogP contribution in [-0.4, -0.2) is 29.1 Å². The van der Waals surface area contributed by atoms with Crippen molar-refractivity contribution in [3.63, 3.8) is 0 Å². The molecule has 1 unspecified atom stereocenters. The maximum absolute atomic E-state index is 15.3. The third-order valence-electron chi connectivity index (χ3n) is 6.11. The van der Waals surface area contributed by atoms with Crippen LogP contribution in [0.3, 0.4) is 0 Å². The maximum atomic E-state index is 15.3. The topological polar surface area (TPSA) is 82.8 Å². The van der Waals surface area contributed by atoms with Crippen LogP contribution in [0.5, 0.6) is 0 Å². The van der Waals surface area contributed by atoms with E-state index in [0.29, 0.717) is 16.6 Å². The first-order chi connectivity index (χ1) is 14.4. The molecule has 30 heavy (non-hydrogen) atoms. The van der Waals surface area contributed by atoms with Gasteiger partial charge in [-0.15, -0.1) is 11.3 Å². The van der Waals surface area contributed by atoms with Crippen molar-refractivity contribution in [2.75, 3.05) is 13.6 Å². The predicted octanol–water partition coefficient (Wildman–Crippen LogP) is 3.41. The van der Waals surface area contributed by atoms with Crippen LogP contribution in [0.2, 0.25) is 0 Å². The Labute approximate surface area is 176 Å². The Morgan fingerprint density at radius 1 is 1.33 bits per heavy atom. The molecule has 1 atom stereocenters. The average molecular weight is 428 g/mol. The zero-order chi connectivity index (χ0) is 21.2. The van der Waals surface area contributed by atoms with Crippen LogP contribution in [0.15, 0.2) is 23.1 Å². The van der Waals surface area contributed by atoms with Crippen LogP contribution in [0.4, 0.5) is 4.39 Å². The molecule has 0 saturated heterocycles. The first-order valence-electron chi connectivity index (χ1n) is 10.1. The van der Waals surface area contributed by atoms with E-state index in [1.165, 1.54) is 15.3 Å². The largest absolute Gasteiger partial charge is 0.477 e. The molecule has 5 rings (SSSR count). The number of pyridine rings is 2. The summed E-state index contributed by atoms with van der Waals surface area (Å²) in [6.07, 6.45) is 3.97. The smallest absolute Gasteiger partial charge is 0.341 e. The molecule has 6 nitrogen and oxygen atoms in total. The number of rotatable bonds is 4. The monoisotopic (exact) mass is 427 g/mol. The summed E-state index contributed by atoms with van der Waals surface area (Å²) in [5.74, 6) is -1.58. The molecule has 3 N–H and O–H groups in total. The lowest BCUT2D eigenvalue weighted by molar-refractivity contribution is 0.0694. The third-order valence-corrected chi connectivity index (χ3v) is 7.34. The van der Waals surface area contributed by atoms with Gasteiger partial charge in [0.25, 0.3) is 5.56 Å². The number of aromatic carboxylic acids is 1. The molecular formula is C22H22FN3O3S. The molecule has 0 amide bonds. The van der Waals surface area contributed by atoms with E-state index in [2.05, 4.69) is 10.6 Å². The molecule has 1 saturated carbocycles. The number of thiophene rings is 1. The second-order valence-corrected chi connectivity index (χ2v) is 9.15. The van der Waals surface area contributed by atoms with Crippen molar-refractivity contribution >= 4 is 22.8 Å². The van der Waals surface area contributed by atoms with Crippen LogP contribution in [0, 0.1) is 12.7 Å². The van der Waals surface area contributed by atoms with Crippen molar-refractivity contribution in [2.24, 2.45) is 0 Å². The Balaban J connectivity index is 1.78. The first kappa shape index (κ1) is 19.4. The number of halogens is 1. The first-order valence-corrected chi connectivity index (χ1v) is 10.9. The number of aromatic nitrogens is 1. The number of carbonyl (C=O) groups is 1. The molecule has 1 aliphatic heterocycles. The van der Waals surface area contributed by atoms with Gasteiger partial charge in [-0.2, -0.15) is 0 Å². The van der Waals surface area contributed by atoms with Gasteiger partial charge in [0, 0.05) is 28.1 Å². The number of nitrogens with one attached hydrogen (secondary N) is 2. The Morgan fingerprint density at radius 3 is 2.77 bits per heavy atom. The average Bonchev–Trinajstić information content (AvgIpc) is 3.46. The summed E-state index contributed by atoms with van der Waals surface area (Å²) in [5, 5.41) is 16.1. The fourth-order valence-electron chi connectivity index (χ4n) is 4.52. The van der Waals surface area contributed by atoms with Gasteiger partial charge >= 0.3 is 5.97 Å². The van der Waals surface area contributed by atoms with E-state index < -0.39 is 17.3 Å². The van der Waals surface area contributed by atoms with Crippen molar-refractivity contribution in [3.05, 3.63) is 61.6 Å². The van der Waals surface area contributed by atoms with Crippen molar-refractivity contribution in [2.45, 2.75) is 38.3 Å². The van der Waals surface area contributed by atoms with Gasteiger partial charge in [-0.1, -0.05) is 0 Å². The zero-order valence-corrected chi connectivity index (χ0v) is 17.5. The Kier molecular flexibility index (Phi) is 4.53. The lowest BCUT2D eigenvalue weighted by Crippen LogP contribution is -2.36. The highest BCUT2D eigenvalue weighted by atomic mass is 32.1. The summed E-state index contributed by atoms with van der Waals surface area (Å²) in [4.78, 5) is 26.4. The van der Waals surface area contributed by atoms with E-state index in [1.807, 2.05) is 20.0 Å². The minimum Gasteiger partial charge on any atom is -0.477 e. The Hall–Kier alpha value is -2.55. The van der Waals surface area contributed by atoms with Gasteiger partial charge in [0.1, 0.15) is 11.4 Å². The SMILES string of the molecule is CNC1NCCc2sc(-c3c(F)cn4c(=O)c(C(=O)O)cc(C5CC5)c4c3C)cc21. The van der Waals surface area contributed by atoms with Crippen LogP contribution >= 0.6 is 11.3 Å². The van der Waals surface area contributed by atoms with Crippen molar-refractivity contribution < 1.29 is 14.3 Å². The molecule has 0 bridgehead atoms. The fraction of sp³-hybridized carbons (Fsp3) is 0.364. The van der Waals surface area contributed by atoms with E-state index in [-0.39, 0.29) is 17.6 Å². The van der Waals surface area contributed by atoms with Gasteiger partial charge in [0.2, 0.25) is 0 Å². The number of aryl methyl sites for hydroxylation is 1.